The van der Waals surface area contributed by atoms with Gasteiger partial charge >= 0.3 is 0 Å². The zero-order chi connectivity index (χ0) is 14.2. The summed E-state index contributed by atoms with van der Waals surface area (Å²) in [5.41, 5.74) is 4.54. The van der Waals surface area contributed by atoms with Gasteiger partial charge in [0.15, 0.2) is 0 Å². The maximum Gasteiger partial charge on any atom is 0.0253 e. The first-order valence-corrected chi connectivity index (χ1v) is 9.09. The molecule has 2 rings (SSSR count). The van der Waals surface area contributed by atoms with Gasteiger partial charge in [-0.15, -0.1) is 0 Å². The van der Waals surface area contributed by atoms with Gasteiger partial charge in [0, 0.05) is 4.47 Å². The van der Waals surface area contributed by atoms with Gasteiger partial charge in [0.2, 0.25) is 0 Å². The third-order valence-electron chi connectivity index (χ3n) is 4.29. The highest BCUT2D eigenvalue weighted by atomic mass is 79.9. The van der Waals surface area contributed by atoms with Crippen LogP contribution in [0.1, 0.15) is 75.8 Å². The Morgan fingerprint density at radius 2 is 1.65 bits per heavy atom. The van der Waals surface area contributed by atoms with Crippen molar-refractivity contribution in [2.24, 2.45) is 0 Å². The van der Waals surface area contributed by atoms with Crippen LogP contribution in [0.15, 0.2) is 28.7 Å². The third-order valence-corrected chi connectivity index (χ3v) is 4.95. The van der Waals surface area contributed by atoms with Gasteiger partial charge in [-0.25, -0.2) is 0 Å². The molecule has 0 spiro atoms. The number of fused-ring (bicyclic) bond motifs is 1. The van der Waals surface area contributed by atoms with E-state index in [2.05, 4.69) is 47.1 Å². The molecule has 0 bridgehead atoms. The molecular weight excluding hydrogens is 308 g/mol. The smallest absolute Gasteiger partial charge is 0.0253 e. The maximum atomic E-state index is 3.70. The van der Waals surface area contributed by atoms with Crippen LogP contribution in [-0.4, -0.2) is 0 Å². The maximum absolute atomic E-state index is 3.70. The van der Waals surface area contributed by atoms with Gasteiger partial charge in [0.05, 0.1) is 0 Å². The Morgan fingerprint density at radius 3 is 2.40 bits per heavy atom. The lowest BCUT2D eigenvalue weighted by Crippen LogP contribution is -1.88. The molecule has 0 unspecified atom stereocenters. The Kier molecular flexibility index (Phi) is 6.86. The van der Waals surface area contributed by atoms with Crippen LogP contribution in [0.5, 0.6) is 0 Å². The topological polar surface area (TPSA) is 0 Å². The number of unbranched alkanes of at least 4 members (excludes halogenated alkanes) is 7. The summed E-state index contributed by atoms with van der Waals surface area (Å²) in [5.74, 6) is 0. The molecule has 110 valence electrons. The van der Waals surface area contributed by atoms with E-state index >= 15 is 0 Å². The van der Waals surface area contributed by atoms with Gasteiger partial charge in [-0.2, -0.15) is 0 Å². The molecule has 1 aliphatic rings. The van der Waals surface area contributed by atoms with Crippen LogP contribution in [0.3, 0.4) is 0 Å². The molecule has 0 N–H and O–H groups in total. The first kappa shape index (κ1) is 15.8. The van der Waals surface area contributed by atoms with E-state index in [9.17, 15) is 0 Å². The average Bonchev–Trinajstić information content (AvgIpc) is 2.86. The standard InChI is InChI=1S/C19H27Br/c1-2-3-4-5-6-7-8-9-11-16-14-15-17-12-10-13-18(20)19(16)17/h10,12-14H,2-9,11,15H2,1H3. The first-order valence-electron chi connectivity index (χ1n) is 8.29. The lowest BCUT2D eigenvalue weighted by atomic mass is 10.00. The predicted octanol–water partition coefficient (Wildman–Crippen LogP) is 6.92. The number of rotatable bonds is 9. The molecule has 0 radical (unpaired) electrons. The highest BCUT2D eigenvalue weighted by molar-refractivity contribution is 9.10. The summed E-state index contributed by atoms with van der Waals surface area (Å²) >= 11 is 3.70. The number of halogens is 1. The van der Waals surface area contributed by atoms with Crippen LogP contribution in [0.25, 0.3) is 5.57 Å². The molecule has 0 saturated carbocycles. The molecule has 0 fully saturated rings. The average molecular weight is 335 g/mol. The zero-order valence-corrected chi connectivity index (χ0v) is 14.3. The Morgan fingerprint density at radius 1 is 0.950 bits per heavy atom. The largest absolute Gasteiger partial charge is 0.0762 e. The summed E-state index contributed by atoms with van der Waals surface area (Å²) in [6.07, 6.45) is 16.0. The number of allylic oxidation sites excluding steroid dienone is 2. The summed E-state index contributed by atoms with van der Waals surface area (Å²) < 4.78 is 1.28. The van der Waals surface area contributed by atoms with E-state index in [4.69, 9.17) is 0 Å². The van der Waals surface area contributed by atoms with Crippen LogP contribution in [0.2, 0.25) is 0 Å². The highest BCUT2D eigenvalue weighted by Gasteiger charge is 2.15. The van der Waals surface area contributed by atoms with Gasteiger partial charge in [-0.05, 0) is 42.0 Å². The van der Waals surface area contributed by atoms with Crippen molar-refractivity contribution in [1.82, 2.24) is 0 Å². The highest BCUT2D eigenvalue weighted by Crippen LogP contribution is 2.36. The van der Waals surface area contributed by atoms with Crippen molar-refractivity contribution < 1.29 is 0 Å². The third kappa shape index (κ3) is 4.48. The minimum Gasteiger partial charge on any atom is -0.0762 e. The molecule has 0 nitrogen and oxygen atoms in total. The Hall–Kier alpha value is -0.560. The normalized spacial score (nSPS) is 13.4. The van der Waals surface area contributed by atoms with Crippen LogP contribution in [0.4, 0.5) is 0 Å². The van der Waals surface area contributed by atoms with Crippen molar-refractivity contribution in [3.05, 3.63) is 39.9 Å². The first-order chi connectivity index (χ1) is 9.83. The molecule has 1 heteroatoms. The summed E-state index contributed by atoms with van der Waals surface area (Å²) in [5, 5.41) is 0. The van der Waals surface area contributed by atoms with Crippen molar-refractivity contribution >= 4 is 21.5 Å². The van der Waals surface area contributed by atoms with E-state index in [0.29, 0.717) is 0 Å². The van der Waals surface area contributed by atoms with Crippen molar-refractivity contribution in [3.8, 4) is 0 Å². The number of benzene rings is 1. The SMILES string of the molecule is CCCCCCCCCCC1=CCc2cccc(Br)c21. The molecule has 1 aliphatic carbocycles. The summed E-state index contributed by atoms with van der Waals surface area (Å²) in [6.45, 7) is 2.28. The molecule has 0 aromatic heterocycles. The summed E-state index contributed by atoms with van der Waals surface area (Å²) in [4.78, 5) is 0. The quantitative estimate of drug-likeness (QED) is 0.430. The molecule has 0 aliphatic heterocycles. The van der Waals surface area contributed by atoms with E-state index in [1.165, 1.54) is 73.4 Å². The van der Waals surface area contributed by atoms with E-state index in [1.54, 1.807) is 5.57 Å². The van der Waals surface area contributed by atoms with E-state index in [1.807, 2.05) is 0 Å². The zero-order valence-electron chi connectivity index (χ0n) is 12.8. The summed E-state index contributed by atoms with van der Waals surface area (Å²) in [7, 11) is 0. The minimum absolute atomic E-state index is 1.13. The lowest BCUT2D eigenvalue weighted by molar-refractivity contribution is 0.579. The Bertz CT molecular complexity index is 445. The van der Waals surface area contributed by atoms with Gasteiger partial charge in [0.25, 0.3) is 0 Å². The van der Waals surface area contributed by atoms with Gasteiger partial charge in [0.1, 0.15) is 0 Å². The molecule has 1 aromatic rings. The molecule has 0 heterocycles. The molecule has 0 atom stereocenters. The van der Waals surface area contributed by atoms with Crippen LogP contribution in [-0.2, 0) is 6.42 Å². The van der Waals surface area contributed by atoms with E-state index in [-0.39, 0.29) is 0 Å². The monoisotopic (exact) mass is 334 g/mol. The van der Waals surface area contributed by atoms with Crippen LogP contribution >= 0.6 is 15.9 Å². The number of hydrogen-bond donors (Lipinski definition) is 0. The second kappa shape index (κ2) is 8.67. The van der Waals surface area contributed by atoms with Crippen LogP contribution < -0.4 is 0 Å². The van der Waals surface area contributed by atoms with Crippen molar-refractivity contribution in [3.63, 3.8) is 0 Å². The molecule has 0 saturated heterocycles. The molecule has 1 aromatic carbocycles. The van der Waals surface area contributed by atoms with Crippen molar-refractivity contribution in [1.29, 1.82) is 0 Å². The van der Waals surface area contributed by atoms with E-state index in [0.717, 1.165) is 6.42 Å². The predicted molar refractivity (Wildman–Crippen MR) is 93.1 cm³/mol. The molecular formula is C19H27Br. The van der Waals surface area contributed by atoms with Gasteiger partial charge < -0.3 is 0 Å². The van der Waals surface area contributed by atoms with Crippen molar-refractivity contribution in [2.45, 2.75) is 71.1 Å². The van der Waals surface area contributed by atoms with E-state index < -0.39 is 0 Å². The number of hydrogen-bond acceptors (Lipinski definition) is 0. The molecule has 20 heavy (non-hydrogen) atoms. The van der Waals surface area contributed by atoms with Gasteiger partial charge in [-0.3, -0.25) is 0 Å². The second-order valence-electron chi connectivity index (χ2n) is 5.93. The lowest BCUT2D eigenvalue weighted by Gasteiger charge is -2.08. The molecule has 0 amide bonds. The van der Waals surface area contributed by atoms with Crippen LogP contribution in [0, 0.1) is 0 Å². The van der Waals surface area contributed by atoms with Gasteiger partial charge in [-0.1, -0.05) is 86.0 Å². The fourth-order valence-corrected chi connectivity index (χ4v) is 3.77. The fraction of sp³-hybridized carbons (Fsp3) is 0.579. The fourth-order valence-electron chi connectivity index (χ4n) is 3.11. The Labute approximate surface area is 132 Å². The Balaban J connectivity index is 1.65. The van der Waals surface area contributed by atoms with Crippen molar-refractivity contribution in [2.75, 3.05) is 0 Å². The minimum atomic E-state index is 1.13. The second-order valence-corrected chi connectivity index (χ2v) is 6.79. The summed E-state index contributed by atoms with van der Waals surface area (Å²) in [6, 6.07) is 6.58.